The molecular weight excluding hydrogens is 466 g/mol. The summed E-state index contributed by atoms with van der Waals surface area (Å²) >= 11 is 6.23. The number of hydrogen-bond donors (Lipinski definition) is 3. The minimum absolute atomic E-state index is 0.0456. The Labute approximate surface area is 200 Å². The molecule has 2 aromatic carbocycles. The largest absolute Gasteiger partial charge is 0.490 e. The van der Waals surface area contributed by atoms with E-state index in [1.165, 1.54) is 18.2 Å². The van der Waals surface area contributed by atoms with Gasteiger partial charge in [0, 0.05) is 5.69 Å². The maximum Gasteiger partial charge on any atom is 0.341 e. The van der Waals surface area contributed by atoms with Gasteiger partial charge < -0.3 is 25.2 Å². The van der Waals surface area contributed by atoms with Crippen LogP contribution in [0.5, 0.6) is 11.5 Å². The van der Waals surface area contributed by atoms with Gasteiger partial charge in [-0.05, 0) is 49.8 Å². The van der Waals surface area contributed by atoms with E-state index in [9.17, 15) is 19.2 Å². The fourth-order valence-corrected chi connectivity index (χ4v) is 3.34. The number of halogens is 1. The lowest BCUT2D eigenvalue weighted by atomic mass is 10.1. The molecule has 178 valence electrons. The normalized spacial score (nSPS) is 14.2. The van der Waals surface area contributed by atoms with Gasteiger partial charge in [0.25, 0.3) is 5.91 Å². The van der Waals surface area contributed by atoms with E-state index >= 15 is 0 Å². The molecule has 11 heteroatoms. The lowest BCUT2D eigenvalue weighted by molar-refractivity contribution is -0.139. The number of nitrogens with one attached hydrogen (secondary N) is 2. The molecule has 0 spiro atoms. The zero-order chi connectivity index (χ0) is 24.8. The van der Waals surface area contributed by atoms with Crippen LogP contribution in [0.4, 0.5) is 10.5 Å². The predicted molar refractivity (Wildman–Crippen MR) is 124 cm³/mol. The highest BCUT2D eigenvalue weighted by molar-refractivity contribution is 6.32. The summed E-state index contributed by atoms with van der Waals surface area (Å²) in [5.74, 6) is -2.19. The van der Waals surface area contributed by atoms with Crippen molar-refractivity contribution in [1.29, 1.82) is 0 Å². The van der Waals surface area contributed by atoms with Crippen molar-refractivity contribution in [2.24, 2.45) is 0 Å². The average Bonchev–Trinajstić information content (AvgIpc) is 3.02. The first-order chi connectivity index (χ1) is 16.2. The van der Waals surface area contributed by atoms with Gasteiger partial charge in [0.05, 0.1) is 11.6 Å². The molecule has 1 aliphatic heterocycles. The molecule has 1 aliphatic rings. The Kier molecular flexibility index (Phi) is 7.75. The highest BCUT2D eigenvalue weighted by Crippen LogP contribution is 2.37. The molecule has 0 saturated carbocycles. The fourth-order valence-electron chi connectivity index (χ4n) is 3.07. The molecule has 0 unspecified atom stereocenters. The second-order valence-electron chi connectivity index (χ2n) is 7.24. The van der Waals surface area contributed by atoms with Crippen LogP contribution in [0.25, 0.3) is 6.08 Å². The van der Waals surface area contributed by atoms with Gasteiger partial charge in [-0.25, -0.2) is 14.5 Å². The number of ether oxygens (including phenoxy) is 2. The lowest BCUT2D eigenvalue weighted by Gasteiger charge is -2.13. The Bertz CT molecular complexity index is 1160. The second-order valence-corrected chi connectivity index (χ2v) is 7.65. The summed E-state index contributed by atoms with van der Waals surface area (Å²) in [4.78, 5) is 49.0. The molecule has 4 amide bonds. The van der Waals surface area contributed by atoms with Crippen LogP contribution in [-0.2, 0) is 14.4 Å². The molecule has 1 heterocycles. The Morgan fingerprint density at radius 2 is 1.88 bits per heavy atom. The minimum atomic E-state index is -1.18. The number of nitrogens with zero attached hydrogens (tertiary/aromatic N) is 1. The zero-order valence-electron chi connectivity index (χ0n) is 18.4. The lowest BCUT2D eigenvalue weighted by Crippen LogP contribution is -2.38. The minimum Gasteiger partial charge on any atom is -0.490 e. The van der Waals surface area contributed by atoms with Gasteiger partial charge in [-0.15, -0.1) is 0 Å². The molecule has 0 aromatic heterocycles. The molecule has 34 heavy (non-hydrogen) atoms. The van der Waals surface area contributed by atoms with Crippen LogP contribution in [-0.4, -0.2) is 53.6 Å². The number of carboxylic acid groups (broad SMARTS) is 1. The van der Waals surface area contributed by atoms with Crippen molar-refractivity contribution in [1.82, 2.24) is 10.2 Å². The van der Waals surface area contributed by atoms with E-state index in [1.807, 2.05) is 19.1 Å². The van der Waals surface area contributed by atoms with Gasteiger partial charge in [0.15, 0.2) is 18.1 Å². The molecule has 0 aliphatic carbocycles. The van der Waals surface area contributed by atoms with E-state index in [-0.39, 0.29) is 28.8 Å². The molecule has 10 nitrogen and oxygen atoms in total. The number of carbonyl (C=O) groups is 4. The molecule has 1 fully saturated rings. The van der Waals surface area contributed by atoms with E-state index in [2.05, 4.69) is 10.6 Å². The van der Waals surface area contributed by atoms with Gasteiger partial charge in [-0.1, -0.05) is 29.3 Å². The number of carboxylic acids is 1. The van der Waals surface area contributed by atoms with E-state index in [0.717, 1.165) is 10.5 Å². The highest BCUT2D eigenvalue weighted by atomic mass is 35.5. The summed E-state index contributed by atoms with van der Waals surface area (Å²) in [7, 11) is 0. The third kappa shape index (κ3) is 6.04. The number of anilines is 1. The number of imide groups is 1. The molecule has 0 radical (unpaired) electrons. The van der Waals surface area contributed by atoms with Crippen molar-refractivity contribution in [3.8, 4) is 11.5 Å². The first-order valence-corrected chi connectivity index (χ1v) is 10.6. The molecule has 1 saturated heterocycles. The summed E-state index contributed by atoms with van der Waals surface area (Å²) in [6.45, 7) is 2.80. The molecule has 0 bridgehead atoms. The Morgan fingerprint density at radius 3 is 2.53 bits per heavy atom. The summed E-state index contributed by atoms with van der Waals surface area (Å²) in [6, 6.07) is 9.26. The standard InChI is InChI=1S/C23H22ClN3O7/c1-3-33-18-10-14(8-16(24)21(18)34-12-20(29)30)9-17-22(31)27(23(32)26-17)11-19(28)25-15-6-4-13(2)5-7-15/h4-10H,3,11-12H2,1-2H3,(H,25,28)(H,26,32)(H,29,30)/b17-9+. The van der Waals surface area contributed by atoms with E-state index in [4.69, 9.17) is 26.2 Å². The highest BCUT2D eigenvalue weighted by Gasteiger charge is 2.35. The SMILES string of the molecule is CCOc1cc(/C=C2/NC(=O)N(CC(=O)Nc3ccc(C)cc3)C2=O)cc(Cl)c1OCC(=O)O. The van der Waals surface area contributed by atoms with Crippen molar-refractivity contribution >= 4 is 47.2 Å². The van der Waals surface area contributed by atoms with E-state index < -0.39 is 37.0 Å². The Balaban J connectivity index is 1.76. The number of aryl methyl sites for hydroxylation is 1. The number of rotatable bonds is 9. The number of benzene rings is 2. The van der Waals surface area contributed by atoms with Crippen molar-refractivity contribution in [2.75, 3.05) is 25.1 Å². The van der Waals surface area contributed by atoms with Crippen LogP contribution in [0.1, 0.15) is 18.1 Å². The van der Waals surface area contributed by atoms with Crippen LogP contribution in [0.2, 0.25) is 5.02 Å². The third-order valence-electron chi connectivity index (χ3n) is 4.58. The van der Waals surface area contributed by atoms with Gasteiger partial charge in [-0.2, -0.15) is 0 Å². The molecule has 3 N–H and O–H groups in total. The summed E-state index contributed by atoms with van der Waals surface area (Å²) in [5, 5.41) is 14.0. The summed E-state index contributed by atoms with van der Waals surface area (Å²) < 4.78 is 10.7. The number of aliphatic carboxylic acids is 1. The van der Waals surface area contributed by atoms with Gasteiger partial charge in [0.1, 0.15) is 12.2 Å². The smallest absolute Gasteiger partial charge is 0.341 e. The molecule has 3 rings (SSSR count). The molecule has 0 atom stereocenters. The first-order valence-electron chi connectivity index (χ1n) is 10.2. The van der Waals surface area contributed by atoms with Crippen molar-refractivity contribution in [2.45, 2.75) is 13.8 Å². The summed E-state index contributed by atoms with van der Waals surface area (Å²) in [6.07, 6.45) is 1.37. The predicted octanol–water partition coefficient (Wildman–Crippen LogP) is 3.04. The maximum absolute atomic E-state index is 12.7. The summed E-state index contributed by atoms with van der Waals surface area (Å²) in [5.41, 5.74) is 1.90. The number of carbonyl (C=O) groups excluding carboxylic acids is 3. The maximum atomic E-state index is 12.7. The van der Waals surface area contributed by atoms with Crippen LogP contribution >= 0.6 is 11.6 Å². The second kappa shape index (κ2) is 10.7. The number of hydrogen-bond acceptors (Lipinski definition) is 6. The van der Waals surface area contributed by atoms with Gasteiger partial charge in [-0.3, -0.25) is 9.59 Å². The topological polar surface area (TPSA) is 134 Å². The van der Waals surface area contributed by atoms with E-state index in [1.54, 1.807) is 19.1 Å². The van der Waals surface area contributed by atoms with E-state index in [0.29, 0.717) is 11.3 Å². The van der Waals surface area contributed by atoms with Crippen LogP contribution < -0.4 is 20.1 Å². The number of urea groups is 1. The van der Waals surface area contributed by atoms with Crippen molar-refractivity contribution in [3.63, 3.8) is 0 Å². The van der Waals surface area contributed by atoms with Crippen LogP contribution in [0.15, 0.2) is 42.1 Å². The Hall–Kier alpha value is -4.05. The third-order valence-corrected chi connectivity index (χ3v) is 4.86. The molecular formula is C23H22ClN3O7. The Morgan fingerprint density at radius 1 is 1.18 bits per heavy atom. The molecule has 2 aromatic rings. The zero-order valence-corrected chi connectivity index (χ0v) is 19.1. The van der Waals surface area contributed by atoms with Crippen LogP contribution in [0, 0.1) is 6.92 Å². The van der Waals surface area contributed by atoms with Gasteiger partial charge >= 0.3 is 12.0 Å². The van der Waals surface area contributed by atoms with Crippen molar-refractivity contribution < 1.29 is 33.8 Å². The fraction of sp³-hybridized carbons (Fsp3) is 0.217. The quantitative estimate of drug-likeness (QED) is 0.365. The first kappa shape index (κ1) is 24.6. The number of amides is 4. The van der Waals surface area contributed by atoms with Gasteiger partial charge in [0.2, 0.25) is 5.91 Å². The average molecular weight is 488 g/mol. The monoisotopic (exact) mass is 487 g/mol. The van der Waals surface area contributed by atoms with Crippen LogP contribution in [0.3, 0.4) is 0 Å². The van der Waals surface area contributed by atoms with Crippen molar-refractivity contribution in [3.05, 3.63) is 58.2 Å².